The van der Waals surface area contributed by atoms with Crippen molar-refractivity contribution in [3.8, 4) is 5.75 Å². The summed E-state index contributed by atoms with van der Waals surface area (Å²) in [6.07, 6.45) is -3.28. The number of sulfonamides is 1. The van der Waals surface area contributed by atoms with E-state index >= 15 is 0 Å². The van der Waals surface area contributed by atoms with Gasteiger partial charge in [0.1, 0.15) is 17.1 Å². The van der Waals surface area contributed by atoms with E-state index in [9.17, 15) is 36.3 Å². The molecule has 0 saturated carbocycles. The van der Waals surface area contributed by atoms with Gasteiger partial charge in [0, 0.05) is 36.3 Å². The van der Waals surface area contributed by atoms with E-state index in [0.29, 0.717) is 22.4 Å². The van der Waals surface area contributed by atoms with E-state index < -0.39 is 39.6 Å². The number of aliphatic hydroxyl groups excluding tert-OH is 2. The first-order valence-electron chi connectivity index (χ1n) is 14.0. The molecule has 2 aliphatic heterocycles. The van der Waals surface area contributed by atoms with Crippen molar-refractivity contribution in [2.45, 2.75) is 38.6 Å². The number of urea groups is 1. The van der Waals surface area contributed by atoms with Gasteiger partial charge in [-0.05, 0) is 73.7 Å². The van der Waals surface area contributed by atoms with E-state index in [-0.39, 0.29) is 63.6 Å². The van der Waals surface area contributed by atoms with Crippen LogP contribution in [0.25, 0.3) is 6.08 Å². The average Bonchev–Trinajstić information content (AvgIpc) is 3.28. The number of amidine groups is 1. The van der Waals surface area contributed by atoms with Gasteiger partial charge < -0.3 is 25.6 Å². The molecule has 1 saturated heterocycles. The lowest BCUT2D eigenvalue weighted by Crippen LogP contribution is -2.50. The van der Waals surface area contributed by atoms with Gasteiger partial charge >= 0.3 is 12.4 Å². The van der Waals surface area contributed by atoms with Gasteiger partial charge in [-0.1, -0.05) is 12.1 Å². The molecule has 0 bridgehead atoms. The fourth-order valence-electron chi connectivity index (χ4n) is 5.26. The second-order valence-corrected chi connectivity index (χ2v) is 12.4. The number of aliphatic hydroxyl groups is 2. The number of benzene rings is 2. The Hall–Kier alpha value is -3.99. The molecule has 0 atom stereocenters. The molecule has 2 aliphatic rings. The van der Waals surface area contributed by atoms with Gasteiger partial charge in [0.15, 0.2) is 0 Å². The second-order valence-electron chi connectivity index (χ2n) is 10.6. The normalized spacial score (nSPS) is 17.0. The minimum Gasteiger partial charge on any atom is -0.406 e. The van der Waals surface area contributed by atoms with Crippen molar-refractivity contribution in [2.24, 2.45) is 4.99 Å². The molecule has 0 aliphatic carbocycles. The van der Waals surface area contributed by atoms with Crippen LogP contribution >= 0.6 is 0 Å². The zero-order valence-electron chi connectivity index (χ0n) is 24.6. The molecule has 2 heterocycles. The first-order valence-corrected chi connectivity index (χ1v) is 15.5. The summed E-state index contributed by atoms with van der Waals surface area (Å²) in [5.74, 6) is -0.836. The quantitative estimate of drug-likeness (QED) is 0.306. The monoisotopic (exact) mass is 653 g/mol. The number of hydrogen-bond donors (Lipinski definition) is 4. The van der Waals surface area contributed by atoms with Crippen LogP contribution in [0.5, 0.6) is 5.75 Å². The number of piperidine rings is 1. The average molecular weight is 654 g/mol. The lowest BCUT2D eigenvalue weighted by Gasteiger charge is -2.34. The van der Waals surface area contributed by atoms with Crippen LogP contribution in [0, 0.1) is 13.8 Å². The lowest BCUT2D eigenvalue weighted by atomic mass is 9.89. The number of halogens is 3. The minimum atomic E-state index is -4.88. The summed E-state index contributed by atoms with van der Waals surface area (Å²) in [7, 11) is -3.91. The predicted octanol–water partition coefficient (Wildman–Crippen LogP) is 2.41. The molecule has 4 N–H and O–H groups in total. The van der Waals surface area contributed by atoms with Crippen molar-refractivity contribution in [3.63, 3.8) is 0 Å². The first kappa shape index (κ1) is 33.9. The molecule has 3 amide bonds. The summed E-state index contributed by atoms with van der Waals surface area (Å²) in [5.41, 5.74) is 1.45. The molecule has 4 rings (SSSR count). The van der Waals surface area contributed by atoms with Crippen LogP contribution in [0.3, 0.4) is 0 Å². The molecule has 16 heteroatoms. The van der Waals surface area contributed by atoms with Crippen molar-refractivity contribution in [2.75, 3.05) is 44.3 Å². The van der Waals surface area contributed by atoms with Crippen LogP contribution in [-0.4, -0.2) is 92.0 Å². The maximum Gasteiger partial charge on any atom is 0.573 e. The third-order valence-electron chi connectivity index (χ3n) is 7.48. The summed E-state index contributed by atoms with van der Waals surface area (Å²) >= 11 is 0. The number of alkyl halides is 3. The summed E-state index contributed by atoms with van der Waals surface area (Å²) in [6.45, 7) is 3.02. The maximum atomic E-state index is 13.2. The van der Waals surface area contributed by atoms with Gasteiger partial charge in [-0.15, -0.1) is 13.2 Å². The Labute approximate surface area is 258 Å². The van der Waals surface area contributed by atoms with Gasteiger partial charge in [-0.3, -0.25) is 14.7 Å². The zero-order chi connectivity index (χ0) is 33.0. The topological polar surface area (TPSA) is 161 Å². The number of nitrogens with zero attached hydrogens (tertiary/aromatic N) is 3. The molecule has 244 valence electrons. The number of aliphatic imine (C=N–C) groups is 1. The molecule has 45 heavy (non-hydrogen) atoms. The van der Waals surface area contributed by atoms with Crippen LogP contribution in [0.4, 0.5) is 23.7 Å². The summed E-state index contributed by atoms with van der Waals surface area (Å²) in [4.78, 5) is 31.2. The Morgan fingerprint density at radius 1 is 1.16 bits per heavy atom. The molecule has 1 fully saturated rings. The van der Waals surface area contributed by atoms with Crippen molar-refractivity contribution in [1.82, 2.24) is 14.9 Å². The van der Waals surface area contributed by atoms with E-state index in [2.05, 4.69) is 20.4 Å². The minimum absolute atomic E-state index is 0.00985. The molecule has 1 spiro atoms. The number of carbonyl (C=O) groups is 2. The number of hydrogen-bond acceptors (Lipinski definition) is 8. The Morgan fingerprint density at radius 3 is 2.42 bits per heavy atom. The smallest absolute Gasteiger partial charge is 0.406 e. The highest BCUT2D eigenvalue weighted by Gasteiger charge is 2.47. The van der Waals surface area contributed by atoms with Crippen molar-refractivity contribution in [1.29, 1.82) is 0 Å². The third kappa shape index (κ3) is 8.00. The first-order chi connectivity index (χ1) is 21.2. The molecule has 12 nitrogen and oxygen atoms in total. The van der Waals surface area contributed by atoms with Crippen LogP contribution in [0.1, 0.15) is 35.1 Å². The fourth-order valence-corrected chi connectivity index (χ4v) is 6.43. The van der Waals surface area contributed by atoms with Crippen LogP contribution in [0.15, 0.2) is 46.8 Å². The molecular formula is C29H34F3N5O7S. The zero-order valence-corrected chi connectivity index (χ0v) is 25.4. The predicted molar refractivity (Wildman–Crippen MR) is 160 cm³/mol. The molecule has 0 radical (unpaired) electrons. The molecule has 0 unspecified atom stereocenters. The number of anilines is 1. The molecule has 2 aromatic rings. The Morgan fingerprint density at radius 2 is 1.82 bits per heavy atom. The SMILES string of the molecule is Cc1cc(N(CCO)C(=O)NCCO)cc(C)c1/C=C/S(=O)(=O)N1CCC2(CC1)N=C(c1cccc(OC(F)(F)F)c1)NC2=O. The van der Waals surface area contributed by atoms with Gasteiger partial charge in [-0.25, -0.2) is 13.2 Å². The standard InChI is InChI=1S/C29H34F3N5O7S/c1-19-16-22(37(12-14-39)27(41)33-9-13-38)17-20(2)24(19)6-15-45(42,43)36-10-7-28(8-11-36)26(40)34-25(35-28)21-4-3-5-23(18-21)44-29(30,31)32/h3-6,15-18,38-39H,7-14H2,1-2H3,(H,33,41)(H,34,35,40)/b15-6+. The highest BCUT2D eigenvalue weighted by Crippen LogP contribution is 2.33. The van der Waals surface area contributed by atoms with Gasteiger partial charge in [0.2, 0.25) is 10.0 Å². The number of nitrogens with one attached hydrogen (secondary N) is 2. The number of carbonyl (C=O) groups excluding carboxylic acids is 2. The molecular weight excluding hydrogens is 619 g/mol. The Bertz CT molecular complexity index is 1580. The van der Waals surface area contributed by atoms with Gasteiger partial charge in [0.25, 0.3) is 5.91 Å². The maximum absolute atomic E-state index is 13.2. The van der Waals surface area contributed by atoms with Crippen LogP contribution in [0.2, 0.25) is 0 Å². The van der Waals surface area contributed by atoms with Crippen molar-refractivity contribution in [3.05, 3.63) is 64.1 Å². The summed E-state index contributed by atoms with van der Waals surface area (Å²) in [6, 6.07) is 7.96. The Kier molecular flexibility index (Phi) is 10.2. The lowest BCUT2D eigenvalue weighted by molar-refractivity contribution is -0.274. The number of amides is 3. The fraction of sp³-hybridized carbons (Fsp3) is 0.414. The van der Waals surface area contributed by atoms with E-state index in [1.807, 2.05) is 0 Å². The molecule has 2 aromatic carbocycles. The van der Waals surface area contributed by atoms with Gasteiger partial charge in [-0.2, -0.15) is 4.31 Å². The van der Waals surface area contributed by atoms with E-state index in [1.165, 1.54) is 27.4 Å². The summed E-state index contributed by atoms with van der Waals surface area (Å²) in [5, 5.41) is 24.7. The number of ether oxygens (including phenoxy) is 1. The highest BCUT2D eigenvalue weighted by atomic mass is 32.2. The third-order valence-corrected chi connectivity index (χ3v) is 9.05. The van der Waals surface area contributed by atoms with E-state index in [4.69, 9.17) is 5.11 Å². The second kappa shape index (κ2) is 13.6. The number of aryl methyl sites for hydroxylation is 2. The number of rotatable bonds is 10. The summed E-state index contributed by atoms with van der Waals surface area (Å²) < 4.78 is 69.6. The van der Waals surface area contributed by atoms with Crippen molar-refractivity contribution < 1.29 is 46.1 Å². The van der Waals surface area contributed by atoms with Crippen LogP contribution < -0.4 is 20.3 Å². The molecule has 0 aromatic heterocycles. The van der Waals surface area contributed by atoms with E-state index in [0.717, 1.165) is 17.5 Å². The van der Waals surface area contributed by atoms with Gasteiger partial charge in [0.05, 0.1) is 19.8 Å². The Balaban J connectivity index is 1.46. The van der Waals surface area contributed by atoms with E-state index in [1.54, 1.807) is 26.0 Å². The highest BCUT2D eigenvalue weighted by molar-refractivity contribution is 7.92. The van der Waals surface area contributed by atoms with Crippen molar-refractivity contribution >= 4 is 39.6 Å². The van der Waals surface area contributed by atoms with Crippen LogP contribution in [-0.2, 0) is 14.8 Å². The largest absolute Gasteiger partial charge is 0.573 e.